The van der Waals surface area contributed by atoms with E-state index >= 15 is 0 Å². The summed E-state index contributed by atoms with van der Waals surface area (Å²) in [5, 5.41) is 34.9. The maximum Gasteiger partial charge on any atom is 0.337 e. The van der Waals surface area contributed by atoms with E-state index < -0.39 is 11.9 Å². The van der Waals surface area contributed by atoms with Crippen LogP contribution in [0.15, 0.2) is 36.4 Å². The lowest BCUT2D eigenvalue weighted by Crippen LogP contribution is -2.08. The second-order valence-electron chi connectivity index (χ2n) is 4.12. The molecule has 0 aliphatic carbocycles. The first-order valence-corrected chi connectivity index (χ1v) is 6.23. The van der Waals surface area contributed by atoms with E-state index in [1.165, 1.54) is 6.07 Å². The van der Waals surface area contributed by atoms with Gasteiger partial charge in [-0.15, -0.1) is 0 Å². The third kappa shape index (κ3) is 4.27. The molecule has 2 aromatic carbocycles. The number of rotatable bonds is 4. The Kier molecular flexibility index (Phi) is 6.32. The highest BCUT2D eigenvalue weighted by atomic mass is 16.4. The topological polar surface area (TPSA) is 115 Å². The van der Waals surface area contributed by atoms with Gasteiger partial charge in [-0.25, -0.2) is 9.59 Å². The smallest absolute Gasteiger partial charge is 0.337 e. The number of carbonyl (C=O) groups is 2. The second kappa shape index (κ2) is 7.98. The molecule has 4 N–H and O–H groups in total. The van der Waals surface area contributed by atoms with Gasteiger partial charge in [0.2, 0.25) is 0 Å². The quantitative estimate of drug-likeness (QED) is 0.680. The van der Waals surface area contributed by atoms with Crippen LogP contribution < -0.4 is 0 Å². The molecule has 0 spiro atoms. The van der Waals surface area contributed by atoms with Gasteiger partial charge in [0.1, 0.15) is 0 Å². The Balaban J connectivity index is 0.000000383. The van der Waals surface area contributed by atoms with Gasteiger partial charge in [0, 0.05) is 13.2 Å². The van der Waals surface area contributed by atoms with Crippen molar-refractivity contribution in [3.05, 3.63) is 47.5 Å². The van der Waals surface area contributed by atoms with Crippen LogP contribution in [0.25, 0.3) is 10.8 Å². The zero-order chi connectivity index (χ0) is 15.8. The van der Waals surface area contributed by atoms with Crippen LogP contribution in [0.3, 0.4) is 0 Å². The maximum absolute atomic E-state index is 11.1. The molecular weight excluding hydrogens is 276 g/mol. The molecule has 0 aliphatic rings. The minimum atomic E-state index is -1.23. The van der Waals surface area contributed by atoms with E-state index in [0.29, 0.717) is 17.2 Å². The van der Waals surface area contributed by atoms with E-state index in [4.69, 9.17) is 20.4 Å². The van der Waals surface area contributed by atoms with Gasteiger partial charge in [-0.2, -0.15) is 0 Å². The van der Waals surface area contributed by atoms with Crippen molar-refractivity contribution in [1.82, 2.24) is 0 Å². The van der Waals surface area contributed by atoms with Crippen LogP contribution in [0.4, 0.5) is 0 Å². The number of benzene rings is 2. The van der Waals surface area contributed by atoms with Gasteiger partial charge in [-0.1, -0.05) is 30.3 Å². The lowest BCUT2D eigenvalue weighted by molar-refractivity contribution is 0.0653. The van der Waals surface area contributed by atoms with Crippen molar-refractivity contribution in [2.45, 2.75) is 6.42 Å². The molecule has 0 fully saturated rings. The SMILES string of the molecule is O=C(O)c1ccc2ccccc2c1C(=O)O.OCCCO. The van der Waals surface area contributed by atoms with Crippen molar-refractivity contribution >= 4 is 22.7 Å². The van der Waals surface area contributed by atoms with E-state index in [2.05, 4.69) is 0 Å². The number of hydrogen-bond donors (Lipinski definition) is 4. The number of aromatic carboxylic acids is 2. The summed E-state index contributed by atoms with van der Waals surface area (Å²) < 4.78 is 0. The van der Waals surface area contributed by atoms with Crippen molar-refractivity contribution in [1.29, 1.82) is 0 Å². The number of carboxylic acids is 2. The van der Waals surface area contributed by atoms with Crippen LogP contribution in [0, 0.1) is 0 Å². The molecule has 21 heavy (non-hydrogen) atoms. The standard InChI is InChI=1S/C12H8O4.C3H8O2/c13-11(14)9-6-5-7-3-1-2-4-8(7)10(9)12(15)16;4-2-1-3-5/h1-6H,(H,13,14)(H,15,16);4-5H,1-3H2. The Morgan fingerprint density at radius 2 is 1.48 bits per heavy atom. The molecule has 0 bridgehead atoms. The second-order valence-corrected chi connectivity index (χ2v) is 4.12. The summed E-state index contributed by atoms with van der Waals surface area (Å²) in [6.45, 7) is 0.188. The molecule has 112 valence electrons. The van der Waals surface area contributed by atoms with E-state index in [1.54, 1.807) is 30.3 Å². The minimum absolute atomic E-state index is 0.0938. The van der Waals surface area contributed by atoms with Crippen molar-refractivity contribution in [3.8, 4) is 0 Å². The summed E-state index contributed by atoms with van der Waals surface area (Å²) in [7, 11) is 0. The first-order chi connectivity index (χ1) is 10.0. The molecule has 6 nitrogen and oxygen atoms in total. The molecule has 6 heteroatoms. The molecule has 0 radical (unpaired) electrons. The number of aliphatic hydroxyl groups excluding tert-OH is 2. The zero-order valence-corrected chi connectivity index (χ0v) is 11.2. The highest BCUT2D eigenvalue weighted by Gasteiger charge is 2.18. The minimum Gasteiger partial charge on any atom is -0.478 e. The largest absolute Gasteiger partial charge is 0.478 e. The Labute approximate surface area is 120 Å². The van der Waals surface area contributed by atoms with Crippen molar-refractivity contribution in [2.75, 3.05) is 13.2 Å². The summed E-state index contributed by atoms with van der Waals surface area (Å²) in [5.41, 5.74) is -0.350. The number of hydrogen-bond acceptors (Lipinski definition) is 4. The van der Waals surface area contributed by atoms with Crippen LogP contribution in [0.2, 0.25) is 0 Å². The fourth-order valence-electron chi connectivity index (χ4n) is 1.75. The summed E-state index contributed by atoms with van der Waals surface area (Å²) in [6, 6.07) is 9.72. The van der Waals surface area contributed by atoms with Crippen LogP contribution >= 0.6 is 0 Å². The van der Waals surface area contributed by atoms with E-state index in [0.717, 1.165) is 0 Å². The van der Waals surface area contributed by atoms with Gasteiger partial charge >= 0.3 is 11.9 Å². The van der Waals surface area contributed by atoms with Crippen LogP contribution in [0.5, 0.6) is 0 Å². The monoisotopic (exact) mass is 292 g/mol. The van der Waals surface area contributed by atoms with Crippen LogP contribution in [-0.4, -0.2) is 45.6 Å². The lowest BCUT2D eigenvalue weighted by atomic mass is 9.99. The Morgan fingerprint density at radius 1 is 0.857 bits per heavy atom. The lowest BCUT2D eigenvalue weighted by Gasteiger charge is -2.05. The van der Waals surface area contributed by atoms with Gasteiger partial charge in [-0.05, 0) is 23.3 Å². The molecule has 0 aromatic heterocycles. The molecule has 0 unspecified atom stereocenters. The fourth-order valence-corrected chi connectivity index (χ4v) is 1.75. The number of carboxylic acid groups (broad SMARTS) is 2. The Morgan fingerprint density at radius 3 is 1.95 bits per heavy atom. The predicted molar refractivity (Wildman–Crippen MR) is 76.7 cm³/mol. The summed E-state index contributed by atoms with van der Waals surface area (Å²) in [6.07, 6.45) is 0.500. The number of aliphatic hydroxyl groups is 2. The molecule has 2 rings (SSSR count). The Bertz CT molecular complexity index is 633. The fraction of sp³-hybridized carbons (Fsp3) is 0.200. The van der Waals surface area contributed by atoms with Crippen LogP contribution in [0.1, 0.15) is 27.1 Å². The Hall–Kier alpha value is -2.44. The third-order valence-corrected chi connectivity index (χ3v) is 2.69. The molecule has 0 saturated heterocycles. The number of fused-ring (bicyclic) bond motifs is 1. The normalized spacial score (nSPS) is 9.81. The van der Waals surface area contributed by atoms with Gasteiger partial charge in [0.25, 0.3) is 0 Å². The highest BCUT2D eigenvalue weighted by Crippen LogP contribution is 2.22. The van der Waals surface area contributed by atoms with E-state index in [9.17, 15) is 9.59 Å². The summed E-state index contributed by atoms with van der Waals surface area (Å²) in [4.78, 5) is 22.0. The van der Waals surface area contributed by atoms with Crippen molar-refractivity contribution in [3.63, 3.8) is 0 Å². The molecular formula is C15H16O6. The van der Waals surface area contributed by atoms with Gasteiger partial charge < -0.3 is 20.4 Å². The molecule has 2 aromatic rings. The summed E-state index contributed by atoms with van der Waals surface area (Å²) >= 11 is 0. The molecule has 0 atom stereocenters. The maximum atomic E-state index is 11.1. The molecule has 0 saturated carbocycles. The van der Waals surface area contributed by atoms with Gasteiger partial charge in [-0.3, -0.25) is 0 Å². The zero-order valence-electron chi connectivity index (χ0n) is 11.2. The average Bonchev–Trinajstić information content (AvgIpc) is 2.47. The average molecular weight is 292 g/mol. The van der Waals surface area contributed by atoms with E-state index in [-0.39, 0.29) is 24.3 Å². The molecule has 0 aliphatic heterocycles. The van der Waals surface area contributed by atoms with Crippen molar-refractivity contribution < 1.29 is 30.0 Å². The van der Waals surface area contributed by atoms with E-state index in [1.807, 2.05) is 0 Å². The first-order valence-electron chi connectivity index (χ1n) is 6.23. The highest BCUT2D eigenvalue weighted by molar-refractivity contribution is 6.11. The van der Waals surface area contributed by atoms with Crippen LogP contribution in [-0.2, 0) is 0 Å². The van der Waals surface area contributed by atoms with Gasteiger partial charge in [0.05, 0.1) is 11.1 Å². The third-order valence-electron chi connectivity index (χ3n) is 2.69. The predicted octanol–water partition coefficient (Wildman–Crippen LogP) is 1.60. The first kappa shape index (κ1) is 16.6. The molecule has 0 heterocycles. The molecule has 0 amide bonds. The van der Waals surface area contributed by atoms with Gasteiger partial charge in [0.15, 0.2) is 0 Å². The van der Waals surface area contributed by atoms with Crippen molar-refractivity contribution in [2.24, 2.45) is 0 Å². The summed E-state index contributed by atoms with van der Waals surface area (Å²) in [5.74, 6) is -2.46.